The minimum absolute atomic E-state index is 0.0921. The lowest BCUT2D eigenvalue weighted by molar-refractivity contribution is 0.177. The van der Waals surface area contributed by atoms with E-state index in [1.165, 1.54) is 0 Å². The quantitative estimate of drug-likeness (QED) is 0.703. The molecule has 1 aliphatic heterocycles. The van der Waals surface area contributed by atoms with E-state index >= 15 is 0 Å². The first kappa shape index (κ1) is 13.6. The second-order valence-corrected chi connectivity index (χ2v) is 5.83. The van der Waals surface area contributed by atoms with Gasteiger partial charge in [0.1, 0.15) is 0 Å². The highest BCUT2D eigenvalue weighted by Gasteiger charge is 2.34. The van der Waals surface area contributed by atoms with Crippen LogP contribution in [0.2, 0.25) is 0 Å². The Morgan fingerprint density at radius 3 is 2.67 bits per heavy atom. The first-order chi connectivity index (χ1) is 8.63. The van der Waals surface area contributed by atoms with Crippen LogP contribution in [-0.4, -0.2) is 37.4 Å². The Labute approximate surface area is 109 Å². The summed E-state index contributed by atoms with van der Waals surface area (Å²) < 4.78 is 5.25. The Morgan fingerprint density at radius 1 is 1.39 bits per heavy atom. The Morgan fingerprint density at radius 2 is 2.11 bits per heavy atom. The van der Waals surface area contributed by atoms with Crippen molar-refractivity contribution < 1.29 is 9.53 Å². The molecule has 1 heterocycles. The molecule has 5 heteroatoms. The fraction of sp³-hybridized carbons (Fsp3) is 0.923. The molecule has 2 aliphatic rings. The summed E-state index contributed by atoms with van der Waals surface area (Å²) in [7, 11) is 0. The van der Waals surface area contributed by atoms with E-state index in [-0.39, 0.29) is 17.6 Å². The van der Waals surface area contributed by atoms with Crippen LogP contribution in [0.25, 0.3) is 0 Å². The Balaban J connectivity index is 1.83. The molecule has 0 aromatic rings. The third kappa shape index (κ3) is 3.36. The summed E-state index contributed by atoms with van der Waals surface area (Å²) in [6, 6.07) is 0.0628. The highest BCUT2D eigenvalue weighted by Crippen LogP contribution is 2.31. The summed E-state index contributed by atoms with van der Waals surface area (Å²) in [4.78, 5) is 12.0. The molecule has 0 radical (unpaired) electrons. The van der Waals surface area contributed by atoms with Crippen molar-refractivity contribution in [1.82, 2.24) is 10.6 Å². The number of carbonyl (C=O) groups is 1. The van der Waals surface area contributed by atoms with Crippen LogP contribution in [0.1, 0.15) is 39.0 Å². The van der Waals surface area contributed by atoms with E-state index in [9.17, 15) is 4.79 Å². The SMILES string of the molecule is CC1CCC(CN)(NC(=O)NC2CCOC2)CC1. The molecular formula is C13H25N3O2. The Bertz CT molecular complexity index is 282. The third-order valence-corrected chi connectivity index (χ3v) is 4.27. The van der Waals surface area contributed by atoms with Crippen molar-refractivity contribution in [2.45, 2.75) is 50.6 Å². The molecule has 1 atom stereocenters. The molecule has 1 aliphatic carbocycles. The zero-order valence-corrected chi connectivity index (χ0v) is 11.2. The van der Waals surface area contributed by atoms with E-state index in [4.69, 9.17) is 10.5 Å². The minimum Gasteiger partial charge on any atom is -0.379 e. The van der Waals surface area contributed by atoms with Gasteiger partial charge in [-0.3, -0.25) is 0 Å². The number of hydrogen-bond acceptors (Lipinski definition) is 3. The van der Waals surface area contributed by atoms with E-state index in [0.29, 0.717) is 13.2 Å². The van der Waals surface area contributed by atoms with Crippen LogP contribution in [0.4, 0.5) is 4.79 Å². The fourth-order valence-corrected chi connectivity index (χ4v) is 2.81. The van der Waals surface area contributed by atoms with Gasteiger partial charge in [0, 0.05) is 13.2 Å². The van der Waals surface area contributed by atoms with Crippen molar-refractivity contribution in [1.29, 1.82) is 0 Å². The van der Waals surface area contributed by atoms with Gasteiger partial charge >= 0.3 is 6.03 Å². The molecule has 0 spiro atoms. The molecule has 2 rings (SSSR count). The summed E-state index contributed by atoms with van der Waals surface area (Å²) >= 11 is 0. The highest BCUT2D eigenvalue weighted by molar-refractivity contribution is 5.75. The maximum atomic E-state index is 12.0. The van der Waals surface area contributed by atoms with Crippen LogP contribution in [0.15, 0.2) is 0 Å². The van der Waals surface area contributed by atoms with Gasteiger partial charge in [-0.05, 0) is 38.0 Å². The normalized spacial score (nSPS) is 36.3. The number of ether oxygens (including phenoxy) is 1. The smallest absolute Gasteiger partial charge is 0.315 e. The van der Waals surface area contributed by atoms with Gasteiger partial charge in [-0.2, -0.15) is 0 Å². The molecule has 1 unspecified atom stereocenters. The largest absolute Gasteiger partial charge is 0.379 e. The van der Waals surface area contributed by atoms with E-state index in [1.54, 1.807) is 0 Å². The Kier molecular flexibility index (Phi) is 4.45. The van der Waals surface area contributed by atoms with E-state index in [1.807, 2.05) is 0 Å². The second-order valence-electron chi connectivity index (χ2n) is 5.83. The van der Waals surface area contributed by atoms with Crippen molar-refractivity contribution in [3.05, 3.63) is 0 Å². The average Bonchev–Trinajstić information content (AvgIpc) is 2.85. The second kappa shape index (κ2) is 5.89. The number of urea groups is 1. The van der Waals surface area contributed by atoms with E-state index in [2.05, 4.69) is 17.6 Å². The van der Waals surface area contributed by atoms with Crippen molar-refractivity contribution in [2.75, 3.05) is 19.8 Å². The molecule has 104 valence electrons. The van der Waals surface area contributed by atoms with Gasteiger partial charge in [0.25, 0.3) is 0 Å². The van der Waals surface area contributed by atoms with Crippen molar-refractivity contribution in [2.24, 2.45) is 11.7 Å². The molecule has 5 nitrogen and oxygen atoms in total. The van der Waals surface area contributed by atoms with Crippen LogP contribution in [0, 0.1) is 5.92 Å². The molecule has 0 bridgehead atoms. The molecule has 4 N–H and O–H groups in total. The number of nitrogens with one attached hydrogen (secondary N) is 2. The zero-order chi connectivity index (χ0) is 13.0. The molecule has 0 aromatic carbocycles. The van der Waals surface area contributed by atoms with Crippen LogP contribution in [0.3, 0.4) is 0 Å². The lowest BCUT2D eigenvalue weighted by Gasteiger charge is -2.39. The number of nitrogens with two attached hydrogens (primary N) is 1. The maximum Gasteiger partial charge on any atom is 0.315 e. The first-order valence-electron chi connectivity index (χ1n) is 7.00. The van der Waals surface area contributed by atoms with Crippen molar-refractivity contribution in [3.63, 3.8) is 0 Å². The predicted octanol–water partition coefficient (Wildman–Crippen LogP) is 0.982. The standard InChI is InChI=1S/C13H25N3O2/c1-10-2-5-13(9-14,6-3-10)16-12(17)15-11-4-7-18-8-11/h10-11H,2-9,14H2,1H3,(H2,15,16,17). The van der Waals surface area contributed by atoms with Crippen molar-refractivity contribution >= 4 is 6.03 Å². The molecule has 2 fully saturated rings. The number of amides is 2. The topological polar surface area (TPSA) is 76.4 Å². The summed E-state index contributed by atoms with van der Waals surface area (Å²) in [5.41, 5.74) is 5.67. The lowest BCUT2D eigenvalue weighted by atomic mass is 9.77. The summed E-state index contributed by atoms with van der Waals surface area (Å²) in [6.45, 7) is 4.15. The number of hydrogen-bond donors (Lipinski definition) is 3. The fourth-order valence-electron chi connectivity index (χ4n) is 2.81. The van der Waals surface area contributed by atoms with Crippen LogP contribution in [0.5, 0.6) is 0 Å². The molecule has 0 aromatic heterocycles. The zero-order valence-electron chi connectivity index (χ0n) is 11.2. The van der Waals surface area contributed by atoms with Gasteiger partial charge in [-0.25, -0.2) is 4.79 Å². The Hall–Kier alpha value is -0.810. The van der Waals surface area contributed by atoms with E-state index < -0.39 is 0 Å². The summed E-state index contributed by atoms with van der Waals surface area (Å²) in [6.07, 6.45) is 5.16. The number of rotatable bonds is 3. The van der Waals surface area contributed by atoms with Crippen molar-refractivity contribution in [3.8, 4) is 0 Å². The lowest BCUT2D eigenvalue weighted by Crippen LogP contribution is -2.59. The summed E-state index contributed by atoms with van der Waals surface area (Å²) in [5, 5.41) is 6.06. The molecule has 2 amide bonds. The van der Waals surface area contributed by atoms with Crippen LogP contribution < -0.4 is 16.4 Å². The molecule has 18 heavy (non-hydrogen) atoms. The summed E-state index contributed by atoms with van der Waals surface area (Å²) in [5.74, 6) is 0.748. The van der Waals surface area contributed by atoms with Crippen LogP contribution in [-0.2, 0) is 4.74 Å². The average molecular weight is 255 g/mol. The minimum atomic E-state index is -0.198. The first-order valence-corrected chi connectivity index (χ1v) is 7.00. The molecular weight excluding hydrogens is 230 g/mol. The predicted molar refractivity (Wildman–Crippen MR) is 70.3 cm³/mol. The third-order valence-electron chi connectivity index (χ3n) is 4.27. The number of carbonyl (C=O) groups excluding carboxylic acids is 1. The monoisotopic (exact) mass is 255 g/mol. The van der Waals surface area contributed by atoms with Gasteiger partial charge < -0.3 is 21.1 Å². The van der Waals surface area contributed by atoms with E-state index in [0.717, 1.165) is 44.6 Å². The van der Waals surface area contributed by atoms with Gasteiger partial charge in [-0.15, -0.1) is 0 Å². The highest BCUT2D eigenvalue weighted by atomic mass is 16.5. The van der Waals surface area contributed by atoms with Gasteiger partial charge in [0.05, 0.1) is 18.2 Å². The van der Waals surface area contributed by atoms with Gasteiger partial charge in [0.15, 0.2) is 0 Å². The van der Waals surface area contributed by atoms with Crippen LogP contribution >= 0.6 is 0 Å². The maximum absolute atomic E-state index is 12.0. The molecule has 1 saturated carbocycles. The molecule has 1 saturated heterocycles. The van der Waals surface area contributed by atoms with Gasteiger partial charge in [-0.1, -0.05) is 6.92 Å². The van der Waals surface area contributed by atoms with Gasteiger partial charge in [0.2, 0.25) is 0 Å².